The van der Waals surface area contributed by atoms with E-state index in [4.69, 9.17) is 67.4 Å². The summed E-state index contributed by atoms with van der Waals surface area (Å²) in [6.45, 7) is -2.46. The summed E-state index contributed by atoms with van der Waals surface area (Å²) in [5, 5.41) is 0. The predicted octanol–water partition coefficient (Wildman–Crippen LogP) is 7.85. The Kier molecular flexibility index (Phi) is 4.83. The van der Waals surface area contributed by atoms with Crippen LogP contribution in [0.25, 0.3) is 0 Å². The van der Waals surface area contributed by atoms with Crippen molar-refractivity contribution in [2.45, 2.75) is 0 Å². The Morgan fingerprint density at radius 3 is 1.40 bits per heavy atom. The Morgan fingerprint density at radius 1 is 0.550 bits per heavy atom. The largest absolute Gasteiger partial charge is 0.257 e. The summed E-state index contributed by atoms with van der Waals surface area (Å²) in [4.78, 5) is 0. The van der Waals surface area contributed by atoms with Gasteiger partial charge in [-0.15, -0.1) is 0 Å². The average Bonchev–Trinajstić information content (AvgIpc) is 3.06. The van der Waals surface area contributed by atoms with Crippen LogP contribution >= 0.6 is 92.7 Å². The van der Waals surface area contributed by atoms with Gasteiger partial charge in [0.2, 0.25) is 13.4 Å². The van der Waals surface area contributed by atoms with Crippen molar-refractivity contribution < 1.29 is 0 Å². The van der Waals surface area contributed by atoms with Gasteiger partial charge in [0.15, 0.2) is 0 Å². The van der Waals surface area contributed by atoms with Gasteiger partial charge in [0.25, 0.3) is 11.8 Å². The highest BCUT2D eigenvalue weighted by Crippen LogP contribution is 2.88. The Labute approximate surface area is 145 Å². The normalized spacial score (nSPS) is 43.1. The fourth-order valence-corrected chi connectivity index (χ4v) is 24.8. The van der Waals surface area contributed by atoms with Gasteiger partial charge in [-0.2, -0.15) is 18.1 Å². The zero-order chi connectivity index (χ0) is 14.8. The van der Waals surface area contributed by atoms with Gasteiger partial charge in [-0.25, -0.2) is 9.34 Å². The van der Waals surface area contributed by atoms with E-state index in [2.05, 4.69) is 18.1 Å². The Balaban J connectivity index is 2.27. The third-order valence-electron chi connectivity index (χ3n) is 2.45. The lowest BCUT2D eigenvalue weighted by Crippen LogP contribution is -1.90. The van der Waals surface area contributed by atoms with E-state index in [9.17, 15) is 0 Å². The first kappa shape index (κ1) is 17.4. The minimum Gasteiger partial charge on any atom is -0.237 e. The molecule has 0 aromatic carbocycles. The van der Waals surface area contributed by atoms with Crippen LogP contribution in [-0.2, 0) is 0 Å². The van der Waals surface area contributed by atoms with Crippen LogP contribution in [0.15, 0.2) is 18.1 Å². The molecule has 0 aromatic rings. The standard InChI is InChI=1S/C4H8Cl6N6P4/c5-17(6)11-18(7,8)13-20(10,16-3-4-16)14-19(9,12-17)15-1-2-15/h1-4H2/t19-,20-/m1/s1. The first-order chi connectivity index (χ1) is 9.04. The van der Waals surface area contributed by atoms with E-state index in [0.717, 1.165) is 26.2 Å². The average molecular weight is 477 g/mol. The lowest BCUT2D eigenvalue weighted by Gasteiger charge is -2.24. The number of nitrogens with zero attached hydrogens (tertiary/aromatic N) is 6. The maximum Gasteiger partial charge on any atom is 0.257 e. The molecule has 16 heteroatoms. The molecule has 3 rings (SSSR count). The van der Waals surface area contributed by atoms with E-state index in [1.165, 1.54) is 0 Å². The molecule has 0 amide bonds. The van der Waals surface area contributed by atoms with Crippen LogP contribution in [0.5, 0.6) is 0 Å². The van der Waals surface area contributed by atoms with E-state index in [1.807, 2.05) is 9.34 Å². The van der Waals surface area contributed by atoms with Gasteiger partial charge < -0.3 is 0 Å². The molecule has 0 aromatic heterocycles. The quantitative estimate of drug-likeness (QED) is 0.301. The molecule has 0 radical (unpaired) electrons. The maximum atomic E-state index is 6.57. The second-order valence-corrected chi connectivity index (χ2v) is 21.4. The van der Waals surface area contributed by atoms with Gasteiger partial charge in [0, 0.05) is 26.2 Å². The van der Waals surface area contributed by atoms with E-state index in [1.54, 1.807) is 0 Å². The van der Waals surface area contributed by atoms with E-state index in [0.29, 0.717) is 0 Å². The zero-order valence-corrected chi connectivity index (χ0v) is 17.7. The third-order valence-corrected chi connectivity index (χ3v) is 20.4. The van der Waals surface area contributed by atoms with Crippen LogP contribution in [0.2, 0.25) is 0 Å². The molecular formula is C4H8Cl6N6P4. The highest BCUT2D eigenvalue weighted by Gasteiger charge is 2.44. The summed E-state index contributed by atoms with van der Waals surface area (Å²) >= 11 is 37.7. The van der Waals surface area contributed by atoms with Crippen molar-refractivity contribution in [3.63, 3.8) is 0 Å². The Bertz CT molecular complexity index is 642. The summed E-state index contributed by atoms with van der Waals surface area (Å²) in [5.74, 6) is -6.24. The summed E-state index contributed by atoms with van der Waals surface area (Å²) < 4.78 is 20.9. The monoisotopic (exact) mass is 474 g/mol. The highest BCUT2D eigenvalue weighted by atomic mass is 35.9. The van der Waals surface area contributed by atoms with Crippen LogP contribution in [0.3, 0.4) is 0 Å². The number of hydrogen-bond acceptors (Lipinski definition) is 6. The summed E-state index contributed by atoms with van der Waals surface area (Å²) in [6, 6.07) is 0. The molecule has 20 heavy (non-hydrogen) atoms. The van der Waals surface area contributed by atoms with E-state index in [-0.39, 0.29) is 0 Å². The second kappa shape index (κ2) is 5.55. The summed E-state index contributed by atoms with van der Waals surface area (Å²) in [7, 11) is 0. The summed E-state index contributed by atoms with van der Waals surface area (Å²) in [6.07, 6.45) is 0. The van der Waals surface area contributed by atoms with Gasteiger partial charge in [-0.3, -0.25) is 0 Å². The van der Waals surface area contributed by atoms with Crippen molar-refractivity contribution in [2.24, 2.45) is 18.1 Å². The van der Waals surface area contributed by atoms with Gasteiger partial charge in [0.05, 0.1) is 0 Å². The van der Waals surface area contributed by atoms with E-state index < -0.39 is 25.2 Å². The lowest BCUT2D eigenvalue weighted by atomic mass is 11.0. The van der Waals surface area contributed by atoms with Crippen molar-refractivity contribution in [1.29, 1.82) is 0 Å². The molecule has 2 saturated heterocycles. The molecule has 0 N–H and O–H groups in total. The van der Waals surface area contributed by atoms with Crippen LogP contribution < -0.4 is 0 Å². The maximum absolute atomic E-state index is 6.57. The van der Waals surface area contributed by atoms with Crippen LogP contribution in [-0.4, -0.2) is 35.5 Å². The number of hydrogen-bond donors (Lipinski definition) is 0. The van der Waals surface area contributed by atoms with Crippen molar-refractivity contribution in [2.75, 3.05) is 26.2 Å². The molecule has 2 atom stereocenters. The molecule has 6 nitrogen and oxygen atoms in total. The fraction of sp³-hybridized carbons (Fsp3) is 1.00. The Hall–Kier alpha value is 2.58. The van der Waals surface area contributed by atoms with Gasteiger partial charge >= 0.3 is 0 Å². The second-order valence-electron chi connectivity index (χ2n) is 4.17. The molecule has 0 saturated carbocycles. The lowest BCUT2D eigenvalue weighted by molar-refractivity contribution is 0.905. The van der Waals surface area contributed by atoms with Crippen molar-refractivity contribution in [3.8, 4) is 0 Å². The number of rotatable bonds is 2. The first-order valence-corrected chi connectivity index (χ1v) is 17.4. The molecule has 3 aliphatic heterocycles. The zero-order valence-electron chi connectivity index (χ0n) is 9.57. The van der Waals surface area contributed by atoms with Crippen molar-refractivity contribution >= 4 is 92.7 Å². The molecule has 3 heterocycles. The Morgan fingerprint density at radius 2 is 0.950 bits per heavy atom. The smallest absolute Gasteiger partial charge is 0.237 e. The van der Waals surface area contributed by atoms with Crippen molar-refractivity contribution in [3.05, 3.63) is 0 Å². The van der Waals surface area contributed by atoms with Crippen LogP contribution in [0.4, 0.5) is 0 Å². The molecular weight excluding hydrogens is 469 g/mol. The molecule has 0 bridgehead atoms. The molecule has 2 fully saturated rings. The van der Waals surface area contributed by atoms with Crippen LogP contribution in [0.1, 0.15) is 0 Å². The summed E-state index contributed by atoms with van der Waals surface area (Å²) in [5.41, 5.74) is 0. The molecule has 3 aliphatic rings. The molecule has 0 unspecified atom stereocenters. The van der Waals surface area contributed by atoms with E-state index >= 15 is 0 Å². The third kappa shape index (κ3) is 3.97. The van der Waals surface area contributed by atoms with Crippen LogP contribution in [0, 0.1) is 0 Å². The van der Waals surface area contributed by atoms with Gasteiger partial charge in [-0.1, -0.05) is 0 Å². The minimum absolute atomic E-state index is 0.775. The SMILES string of the molecule is ClP1(Cl)=NP(Cl)(Cl)=N[P@@](Cl)(N2CC2)=N[P@](Cl)(N2CC2)=N1. The fourth-order valence-electron chi connectivity index (χ4n) is 1.44. The first-order valence-electron chi connectivity index (χ1n) is 5.28. The van der Waals surface area contributed by atoms with Gasteiger partial charge in [-0.05, 0) is 67.4 Å². The highest BCUT2D eigenvalue weighted by molar-refractivity contribution is 8.21. The molecule has 116 valence electrons. The minimum atomic E-state index is -3.12. The number of halogens is 6. The topological polar surface area (TPSA) is 55.5 Å². The van der Waals surface area contributed by atoms with Gasteiger partial charge in [0.1, 0.15) is 0 Å². The van der Waals surface area contributed by atoms with Crippen molar-refractivity contribution in [1.82, 2.24) is 9.34 Å². The molecule has 0 aliphatic carbocycles. The molecule has 0 spiro atoms. The predicted molar refractivity (Wildman–Crippen MR) is 95.7 cm³/mol.